The highest BCUT2D eigenvalue weighted by molar-refractivity contribution is 5.95. The Bertz CT molecular complexity index is 1760. The molecule has 0 aliphatic carbocycles. The standard InChI is InChI=1S/C40H50N6O7/c1-25(2)16-34-40(51)45(14-15-52-5)23-36(47)42-33(19-28-10-7-6-8-11-28)38(49)44-35-22-46(39(50)30-17-26(3)41-27(4)18-30)21-32(35)29-12-9-13-31(20-29)53-24-37(48)43-34/h6-13,17-18,20,25,32-35H,14-16,19,21-24H2,1-5H3,(H,42,47)(H,43,48)(H,44,49)/t32-,33-,34+,35+/m0/s1. The Morgan fingerprint density at radius 3 is 2.32 bits per heavy atom. The van der Waals surface area contributed by atoms with Gasteiger partial charge in [-0.05, 0) is 61.6 Å². The van der Waals surface area contributed by atoms with Crippen molar-refractivity contribution in [3.63, 3.8) is 0 Å². The minimum absolute atomic E-state index is 0.0502. The molecule has 3 heterocycles. The second kappa shape index (κ2) is 18.0. The van der Waals surface area contributed by atoms with E-state index in [1.54, 1.807) is 35.2 Å². The summed E-state index contributed by atoms with van der Waals surface area (Å²) in [5.41, 5.74) is 3.59. The number of pyridine rings is 1. The van der Waals surface area contributed by atoms with Gasteiger partial charge in [-0.3, -0.25) is 29.0 Å². The Kier molecular flexibility index (Phi) is 13.2. The third-order valence-corrected chi connectivity index (χ3v) is 9.41. The van der Waals surface area contributed by atoms with Crippen LogP contribution in [0, 0.1) is 19.8 Å². The molecule has 3 N–H and O–H groups in total. The monoisotopic (exact) mass is 726 g/mol. The zero-order chi connectivity index (χ0) is 38.1. The number of hydrogen-bond acceptors (Lipinski definition) is 8. The van der Waals surface area contributed by atoms with Crippen molar-refractivity contribution in [2.24, 2.45) is 5.92 Å². The number of hydrogen-bond donors (Lipinski definition) is 3. The van der Waals surface area contributed by atoms with Crippen molar-refractivity contribution in [2.45, 2.75) is 64.6 Å². The third kappa shape index (κ3) is 10.6. The zero-order valence-electron chi connectivity index (χ0n) is 31.1. The van der Waals surface area contributed by atoms with E-state index in [9.17, 15) is 24.0 Å². The topological polar surface area (TPSA) is 159 Å². The largest absolute Gasteiger partial charge is 0.484 e. The number of aromatic nitrogens is 1. The number of aryl methyl sites for hydroxylation is 2. The fourth-order valence-corrected chi connectivity index (χ4v) is 6.95. The van der Waals surface area contributed by atoms with Crippen molar-refractivity contribution >= 4 is 29.5 Å². The maximum Gasteiger partial charge on any atom is 0.258 e. The lowest BCUT2D eigenvalue weighted by Crippen LogP contribution is -2.56. The molecule has 53 heavy (non-hydrogen) atoms. The number of ether oxygens (including phenoxy) is 2. The van der Waals surface area contributed by atoms with Gasteiger partial charge in [0.15, 0.2) is 6.61 Å². The van der Waals surface area contributed by atoms with Gasteiger partial charge in [0.05, 0.1) is 19.2 Å². The normalized spacial score (nSPS) is 21.5. The minimum atomic E-state index is -1.00. The van der Waals surface area contributed by atoms with Gasteiger partial charge in [-0.1, -0.05) is 56.3 Å². The van der Waals surface area contributed by atoms with E-state index >= 15 is 0 Å². The van der Waals surface area contributed by atoms with Gasteiger partial charge in [0.2, 0.25) is 17.7 Å². The molecule has 1 aromatic heterocycles. The number of amides is 5. The summed E-state index contributed by atoms with van der Waals surface area (Å²) in [7, 11) is 1.50. The second-order valence-corrected chi connectivity index (χ2v) is 14.2. The highest BCUT2D eigenvalue weighted by Gasteiger charge is 2.39. The summed E-state index contributed by atoms with van der Waals surface area (Å²) in [5, 5.41) is 8.87. The molecule has 282 valence electrons. The zero-order valence-corrected chi connectivity index (χ0v) is 31.1. The van der Waals surface area contributed by atoms with Crippen molar-refractivity contribution in [3.8, 4) is 5.75 Å². The average molecular weight is 727 g/mol. The van der Waals surface area contributed by atoms with Crippen LogP contribution in [-0.4, -0.2) is 109 Å². The first-order chi connectivity index (χ1) is 25.4. The van der Waals surface area contributed by atoms with Gasteiger partial charge in [-0.15, -0.1) is 0 Å². The predicted octanol–water partition coefficient (Wildman–Crippen LogP) is 2.55. The molecule has 0 radical (unpaired) electrons. The number of methoxy groups -OCH3 is 1. The minimum Gasteiger partial charge on any atom is -0.484 e. The van der Waals surface area contributed by atoms with Gasteiger partial charge in [0, 0.05) is 56.0 Å². The lowest BCUT2D eigenvalue weighted by Gasteiger charge is -2.29. The number of nitrogens with zero attached hydrogens (tertiary/aromatic N) is 3. The summed E-state index contributed by atoms with van der Waals surface area (Å²) >= 11 is 0. The number of rotatable bonds is 8. The second-order valence-electron chi connectivity index (χ2n) is 14.2. The van der Waals surface area contributed by atoms with E-state index in [1.807, 2.05) is 64.1 Å². The van der Waals surface area contributed by atoms with Crippen LogP contribution in [0.15, 0.2) is 66.7 Å². The summed E-state index contributed by atoms with van der Waals surface area (Å²) in [4.78, 5) is 76.5. The molecule has 5 rings (SSSR count). The van der Waals surface area contributed by atoms with Crippen molar-refractivity contribution in [3.05, 3.63) is 94.8 Å². The number of benzene rings is 2. The van der Waals surface area contributed by atoms with Crippen LogP contribution in [-0.2, 0) is 30.3 Å². The van der Waals surface area contributed by atoms with Gasteiger partial charge < -0.3 is 35.2 Å². The Labute approximate surface area is 310 Å². The number of fused-ring (bicyclic) bond motifs is 4. The Morgan fingerprint density at radius 1 is 0.906 bits per heavy atom. The lowest BCUT2D eigenvalue weighted by atomic mass is 9.93. The molecular formula is C40H50N6O7. The van der Waals surface area contributed by atoms with Crippen LogP contribution in [0.25, 0.3) is 0 Å². The first-order valence-electron chi connectivity index (χ1n) is 18.1. The fourth-order valence-electron chi connectivity index (χ4n) is 6.95. The lowest BCUT2D eigenvalue weighted by molar-refractivity contribution is -0.141. The maximum atomic E-state index is 14.3. The summed E-state index contributed by atoms with van der Waals surface area (Å²) in [6.45, 7) is 7.62. The molecule has 13 heteroatoms. The molecule has 4 atom stereocenters. The van der Waals surface area contributed by atoms with Crippen molar-refractivity contribution < 1.29 is 33.4 Å². The van der Waals surface area contributed by atoms with Gasteiger partial charge in [-0.2, -0.15) is 0 Å². The molecule has 1 fully saturated rings. The highest BCUT2D eigenvalue weighted by atomic mass is 16.5. The Hall–Kier alpha value is -5.30. The quantitative estimate of drug-likeness (QED) is 0.320. The van der Waals surface area contributed by atoms with E-state index in [-0.39, 0.29) is 57.0 Å². The van der Waals surface area contributed by atoms with E-state index in [4.69, 9.17) is 9.47 Å². The predicted molar refractivity (Wildman–Crippen MR) is 198 cm³/mol. The Balaban J connectivity index is 1.51. The Morgan fingerprint density at radius 2 is 1.62 bits per heavy atom. The number of likely N-dealkylation sites (tertiary alicyclic amines) is 1. The van der Waals surface area contributed by atoms with Crippen molar-refractivity contribution in [2.75, 3.05) is 46.5 Å². The first kappa shape index (κ1) is 38.9. The first-order valence-corrected chi connectivity index (χ1v) is 18.1. The summed E-state index contributed by atoms with van der Waals surface area (Å²) in [6.07, 6.45) is 0.524. The SMILES string of the molecule is COCCN1CC(=O)N[C@@H](Cc2ccccc2)C(=O)N[C@@H]2CN(C(=O)c3cc(C)nc(C)c3)C[C@H]2c2cccc(c2)OCC(=O)N[C@H](CC(C)C)C1=O. The van der Waals surface area contributed by atoms with E-state index in [0.717, 1.165) is 22.5 Å². The van der Waals surface area contributed by atoms with E-state index < -0.39 is 41.8 Å². The summed E-state index contributed by atoms with van der Waals surface area (Å²) in [6, 6.07) is 17.6. The van der Waals surface area contributed by atoms with Gasteiger partial charge >= 0.3 is 0 Å². The van der Waals surface area contributed by atoms with Crippen LogP contribution in [0.5, 0.6) is 5.75 Å². The average Bonchev–Trinajstić information content (AvgIpc) is 3.54. The van der Waals surface area contributed by atoms with E-state index in [0.29, 0.717) is 24.3 Å². The molecule has 0 spiro atoms. The molecule has 2 aromatic carbocycles. The molecule has 1 saturated heterocycles. The molecular weight excluding hydrogens is 676 g/mol. The van der Waals surface area contributed by atoms with E-state index in [1.165, 1.54) is 12.0 Å². The third-order valence-electron chi connectivity index (χ3n) is 9.41. The van der Waals surface area contributed by atoms with Crippen molar-refractivity contribution in [1.82, 2.24) is 30.7 Å². The van der Waals surface area contributed by atoms with E-state index in [2.05, 4.69) is 20.9 Å². The smallest absolute Gasteiger partial charge is 0.258 e. The van der Waals surface area contributed by atoms with Crippen LogP contribution in [0.4, 0.5) is 0 Å². The van der Waals surface area contributed by atoms with Gasteiger partial charge in [0.25, 0.3) is 11.8 Å². The van der Waals surface area contributed by atoms with Crippen LogP contribution >= 0.6 is 0 Å². The summed E-state index contributed by atoms with van der Waals surface area (Å²) < 4.78 is 11.2. The molecule has 2 bridgehead atoms. The molecule has 0 saturated carbocycles. The fraction of sp³-hybridized carbons (Fsp3) is 0.450. The number of carbonyl (C=O) groups is 5. The molecule has 3 aromatic rings. The summed E-state index contributed by atoms with van der Waals surface area (Å²) in [5.74, 6) is -1.94. The van der Waals surface area contributed by atoms with Crippen LogP contribution < -0.4 is 20.7 Å². The van der Waals surface area contributed by atoms with Gasteiger partial charge in [0.1, 0.15) is 17.8 Å². The molecule has 13 nitrogen and oxygen atoms in total. The highest BCUT2D eigenvalue weighted by Crippen LogP contribution is 2.31. The van der Waals surface area contributed by atoms with Crippen LogP contribution in [0.2, 0.25) is 0 Å². The van der Waals surface area contributed by atoms with Crippen LogP contribution in [0.1, 0.15) is 59.1 Å². The molecule has 2 aliphatic heterocycles. The number of nitrogens with one attached hydrogen (secondary N) is 3. The van der Waals surface area contributed by atoms with Crippen LogP contribution in [0.3, 0.4) is 0 Å². The van der Waals surface area contributed by atoms with Gasteiger partial charge in [-0.25, -0.2) is 0 Å². The number of carbonyl (C=O) groups excluding carboxylic acids is 5. The molecule has 5 amide bonds. The maximum absolute atomic E-state index is 14.3. The molecule has 2 aliphatic rings. The molecule has 0 unspecified atom stereocenters. The van der Waals surface area contributed by atoms with Crippen molar-refractivity contribution in [1.29, 1.82) is 0 Å².